The zero-order valence-electron chi connectivity index (χ0n) is 11.0. The number of halogens is 2. The molecular weight excluding hydrogens is 271 g/mol. The Balaban J connectivity index is 0.000000224. The highest BCUT2D eigenvalue weighted by Gasteiger charge is 2.07. The first-order chi connectivity index (χ1) is 8.87. The van der Waals surface area contributed by atoms with Crippen LogP contribution in [0.15, 0.2) is 18.3 Å². The molecule has 0 amide bonds. The van der Waals surface area contributed by atoms with Crippen LogP contribution in [0.2, 0.25) is 0 Å². The molecule has 0 saturated heterocycles. The standard InChI is InChI=1S/C8H6ClFN2.C5H10O2/c9-3-5-1-6-4-11-12-8(6)2-7(5)10;1-5(2,3)7-4-6/h1-2,4H,3H2,(H,11,12);4H,1-3H3. The number of rotatable bonds is 2. The smallest absolute Gasteiger partial charge is 0.293 e. The van der Waals surface area contributed by atoms with Gasteiger partial charge < -0.3 is 4.74 Å². The minimum Gasteiger partial charge on any atom is -0.462 e. The molecule has 1 heterocycles. The minimum absolute atomic E-state index is 0.187. The van der Waals surface area contributed by atoms with E-state index in [4.69, 9.17) is 11.6 Å². The number of nitrogens with one attached hydrogen (secondary N) is 1. The molecule has 2 aromatic rings. The fraction of sp³-hybridized carbons (Fsp3) is 0.385. The molecule has 4 nitrogen and oxygen atoms in total. The highest BCUT2D eigenvalue weighted by atomic mass is 35.5. The van der Waals surface area contributed by atoms with E-state index in [1.807, 2.05) is 20.8 Å². The Bertz CT molecular complexity index is 549. The number of ether oxygens (including phenoxy) is 1. The van der Waals surface area contributed by atoms with Crippen molar-refractivity contribution in [1.29, 1.82) is 0 Å². The number of carbonyl (C=O) groups excluding carboxylic acids is 1. The summed E-state index contributed by atoms with van der Waals surface area (Å²) in [6, 6.07) is 3.10. The van der Waals surface area contributed by atoms with Gasteiger partial charge in [-0.25, -0.2) is 4.39 Å². The van der Waals surface area contributed by atoms with Gasteiger partial charge in [0.15, 0.2) is 0 Å². The molecule has 104 valence electrons. The quantitative estimate of drug-likeness (QED) is 0.680. The number of nitrogens with zero attached hydrogens (tertiary/aromatic N) is 1. The van der Waals surface area contributed by atoms with E-state index in [0.717, 1.165) is 5.39 Å². The van der Waals surface area contributed by atoms with E-state index in [1.165, 1.54) is 6.07 Å². The van der Waals surface area contributed by atoms with E-state index in [-0.39, 0.29) is 17.3 Å². The number of alkyl halides is 1. The topological polar surface area (TPSA) is 55.0 Å². The number of H-pyrrole nitrogens is 1. The second-order valence-corrected chi connectivity index (χ2v) is 5.13. The summed E-state index contributed by atoms with van der Waals surface area (Å²) in [5.74, 6) is -0.103. The summed E-state index contributed by atoms with van der Waals surface area (Å²) in [5, 5.41) is 7.34. The molecule has 1 aromatic carbocycles. The van der Waals surface area contributed by atoms with Crippen LogP contribution >= 0.6 is 11.6 Å². The molecule has 0 fully saturated rings. The first-order valence-corrected chi connectivity index (χ1v) is 6.20. The SMILES string of the molecule is CC(C)(C)OC=O.Fc1cc2[nH]ncc2cc1CCl. The third-order valence-corrected chi connectivity index (χ3v) is 2.44. The van der Waals surface area contributed by atoms with Crippen molar-refractivity contribution in [3.8, 4) is 0 Å². The van der Waals surface area contributed by atoms with E-state index in [0.29, 0.717) is 17.6 Å². The Kier molecular flexibility index (Phi) is 5.30. The molecule has 0 radical (unpaired) electrons. The fourth-order valence-corrected chi connectivity index (χ4v) is 1.46. The second kappa shape index (κ2) is 6.52. The summed E-state index contributed by atoms with van der Waals surface area (Å²) in [6.45, 7) is 5.92. The van der Waals surface area contributed by atoms with Gasteiger partial charge in [-0.2, -0.15) is 5.10 Å². The molecule has 0 saturated carbocycles. The van der Waals surface area contributed by atoms with Gasteiger partial charge in [0.2, 0.25) is 0 Å². The minimum atomic E-state index is -0.318. The van der Waals surface area contributed by atoms with Crippen molar-refractivity contribution in [3.05, 3.63) is 29.7 Å². The Hall–Kier alpha value is -1.62. The maximum absolute atomic E-state index is 13.1. The Morgan fingerprint density at radius 1 is 1.47 bits per heavy atom. The van der Waals surface area contributed by atoms with Crippen LogP contribution in [-0.2, 0) is 15.4 Å². The van der Waals surface area contributed by atoms with E-state index < -0.39 is 0 Å². The van der Waals surface area contributed by atoms with Gasteiger partial charge in [-0.05, 0) is 32.9 Å². The number of fused-ring (bicyclic) bond motifs is 1. The van der Waals surface area contributed by atoms with Crippen molar-refractivity contribution in [2.75, 3.05) is 0 Å². The lowest BCUT2D eigenvalue weighted by atomic mass is 10.2. The number of benzene rings is 1. The third-order valence-electron chi connectivity index (χ3n) is 2.15. The van der Waals surface area contributed by atoms with Crippen molar-refractivity contribution >= 4 is 29.0 Å². The molecule has 6 heteroatoms. The monoisotopic (exact) mass is 286 g/mol. The van der Waals surface area contributed by atoms with Crippen LogP contribution < -0.4 is 0 Å². The number of aromatic nitrogens is 2. The maximum atomic E-state index is 13.1. The number of aromatic amines is 1. The lowest BCUT2D eigenvalue weighted by Gasteiger charge is -2.14. The first-order valence-electron chi connectivity index (χ1n) is 5.66. The molecular formula is C13H16ClFN2O2. The molecule has 0 bridgehead atoms. The van der Waals surface area contributed by atoms with Crippen LogP contribution in [0, 0.1) is 5.82 Å². The van der Waals surface area contributed by atoms with Crippen LogP contribution in [0.3, 0.4) is 0 Å². The lowest BCUT2D eigenvalue weighted by Crippen LogP contribution is -2.17. The summed E-state index contributed by atoms with van der Waals surface area (Å²) in [6.07, 6.45) is 1.64. The molecule has 0 aliphatic heterocycles. The maximum Gasteiger partial charge on any atom is 0.293 e. The van der Waals surface area contributed by atoms with Crippen molar-refractivity contribution < 1.29 is 13.9 Å². The van der Waals surface area contributed by atoms with E-state index >= 15 is 0 Å². The van der Waals surface area contributed by atoms with Gasteiger partial charge in [-0.3, -0.25) is 9.89 Å². The van der Waals surface area contributed by atoms with Crippen molar-refractivity contribution in [2.45, 2.75) is 32.3 Å². The van der Waals surface area contributed by atoms with Gasteiger partial charge in [0.05, 0.1) is 17.6 Å². The van der Waals surface area contributed by atoms with Gasteiger partial charge >= 0.3 is 0 Å². The highest BCUT2D eigenvalue weighted by Crippen LogP contribution is 2.18. The first kappa shape index (κ1) is 15.4. The number of hydrogen-bond acceptors (Lipinski definition) is 3. The summed E-state index contributed by atoms with van der Waals surface area (Å²) in [4.78, 5) is 9.60. The van der Waals surface area contributed by atoms with Gasteiger partial charge in [0.1, 0.15) is 11.4 Å². The number of hydrogen-bond donors (Lipinski definition) is 1. The van der Waals surface area contributed by atoms with Crippen LogP contribution in [-0.4, -0.2) is 22.3 Å². The molecule has 0 aliphatic rings. The molecule has 19 heavy (non-hydrogen) atoms. The molecule has 2 rings (SSSR count). The van der Waals surface area contributed by atoms with Crippen molar-refractivity contribution in [2.24, 2.45) is 0 Å². The van der Waals surface area contributed by atoms with Gasteiger partial charge in [0, 0.05) is 10.9 Å². The predicted molar refractivity (Wildman–Crippen MR) is 72.5 cm³/mol. The molecule has 0 spiro atoms. The van der Waals surface area contributed by atoms with Gasteiger partial charge in [-0.15, -0.1) is 11.6 Å². The van der Waals surface area contributed by atoms with E-state index in [9.17, 15) is 9.18 Å². The van der Waals surface area contributed by atoms with Crippen molar-refractivity contribution in [1.82, 2.24) is 10.2 Å². The zero-order chi connectivity index (χ0) is 14.5. The van der Waals surface area contributed by atoms with Crippen LogP contribution in [0.25, 0.3) is 10.9 Å². The van der Waals surface area contributed by atoms with E-state index in [2.05, 4.69) is 14.9 Å². The predicted octanol–water partition coefficient (Wildman–Crippen LogP) is 3.40. The lowest BCUT2D eigenvalue weighted by molar-refractivity contribution is -0.138. The Labute approximate surface area is 115 Å². The molecule has 1 N–H and O–H groups in total. The second-order valence-electron chi connectivity index (χ2n) is 4.86. The van der Waals surface area contributed by atoms with E-state index in [1.54, 1.807) is 12.3 Å². The Morgan fingerprint density at radius 2 is 2.16 bits per heavy atom. The molecule has 0 unspecified atom stereocenters. The highest BCUT2D eigenvalue weighted by molar-refractivity contribution is 6.17. The summed E-state index contributed by atoms with van der Waals surface area (Å²) < 4.78 is 17.6. The Morgan fingerprint density at radius 3 is 2.63 bits per heavy atom. The van der Waals surface area contributed by atoms with Crippen LogP contribution in [0.5, 0.6) is 0 Å². The normalized spacial score (nSPS) is 10.8. The summed E-state index contributed by atoms with van der Waals surface area (Å²) in [5.41, 5.74) is 0.883. The average Bonchev–Trinajstić information content (AvgIpc) is 2.74. The number of carbonyl (C=O) groups is 1. The summed E-state index contributed by atoms with van der Waals surface area (Å²) >= 11 is 5.53. The van der Waals surface area contributed by atoms with Crippen molar-refractivity contribution in [3.63, 3.8) is 0 Å². The molecule has 0 aliphatic carbocycles. The zero-order valence-corrected chi connectivity index (χ0v) is 11.8. The largest absolute Gasteiger partial charge is 0.462 e. The summed E-state index contributed by atoms with van der Waals surface area (Å²) in [7, 11) is 0. The molecule has 0 atom stereocenters. The van der Waals surface area contributed by atoms with Gasteiger partial charge in [0.25, 0.3) is 6.47 Å². The van der Waals surface area contributed by atoms with Crippen LogP contribution in [0.4, 0.5) is 4.39 Å². The average molecular weight is 287 g/mol. The third kappa shape index (κ3) is 4.87. The van der Waals surface area contributed by atoms with Crippen LogP contribution in [0.1, 0.15) is 26.3 Å². The van der Waals surface area contributed by atoms with Gasteiger partial charge in [-0.1, -0.05) is 0 Å². The fourth-order valence-electron chi connectivity index (χ4n) is 1.26. The molecule has 1 aromatic heterocycles.